The largest absolute Gasteiger partial charge is 0.443 e. The Balaban J connectivity index is 1.67. The lowest BCUT2D eigenvalue weighted by atomic mass is 9.92. The van der Waals surface area contributed by atoms with Gasteiger partial charge in [-0.25, -0.2) is 4.98 Å². The van der Waals surface area contributed by atoms with Gasteiger partial charge in [0.25, 0.3) is 0 Å². The lowest BCUT2D eigenvalue weighted by Crippen LogP contribution is -2.41. The minimum Gasteiger partial charge on any atom is -0.443 e. The van der Waals surface area contributed by atoms with E-state index in [1.807, 2.05) is 6.20 Å². The van der Waals surface area contributed by atoms with Gasteiger partial charge in [-0.05, 0) is 31.2 Å². The van der Waals surface area contributed by atoms with Crippen molar-refractivity contribution in [3.63, 3.8) is 0 Å². The highest BCUT2D eigenvalue weighted by atomic mass is 16.4. The van der Waals surface area contributed by atoms with Crippen LogP contribution in [0.4, 0.5) is 0 Å². The molecule has 1 aromatic heterocycles. The molecule has 2 unspecified atom stereocenters. The maximum atomic E-state index is 5.80. The van der Waals surface area contributed by atoms with Gasteiger partial charge in [-0.15, -0.1) is 0 Å². The number of aliphatic imine (C=N–C) groups is 1. The molecule has 0 spiro atoms. The van der Waals surface area contributed by atoms with Gasteiger partial charge >= 0.3 is 0 Å². The molecule has 0 aromatic carbocycles. The van der Waals surface area contributed by atoms with Crippen molar-refractivity contribution in [2.45, 2.75) is 59.4 Å². The zero-order valence-corrected chi connectivity index (χ0v) is 17.4. The van der Waals surface area contributed by atoms with Crippen LogP contribution in [0.3, 0.4) is 0 Å². The van der Waals surface area contributed by atoms with Crippen molar-refractivity contribution >= 4 is 5.96 Å². The topological polar surface area (TPSA) is 65.7 Å². The Morgan fingerprint density at radius 3 is 2.54 bits per heavy atom. The van der Waals surface area contributed by atoms with Gasteiger partial charge in [-0.3, -0.25) is 4.99 Å². The predicted octanol–water partition coefficient (Wildman–Crippen LogP) is 3.01. The first-order chi connectivity index (χ1) is 12.3. The molecule has 1 aliphatic heterocycles. The number of likely N-dealkylation sites (tertiary alicyclic amines) is 1. The third-order valence-electron chi connectivity index (χ3n) is 4.81. The van der Waals surface area contributed by atoms with Gasteiger partial charge in [0.1, 0.15) is 5.76 Å². The minimum absolute atomic E-state index is 0.0192. The summed E-state index contributed by atoms with van der Waals surface area (Å²) in [4.78, 5) is 11.2. The lowest BCUT2D eigenvalue weighted by Gasteiger charge is -2.35. The molecule has 0 aliphatic carbocycles. The molecule has 2 heterocycles. The van der Waals surface area contributed by atoms with E-state index in [0.29, 0.717) is 12.4 Å². The Bertz CT molecular complexity index is 565. The predicted molar refractivity (Wildman–Crippen MR) is 107 cm³/mol. The Hall–Kier alpha value is -1.56. The van der Waals surface area contributed by atoms with Gasteiger partial charge in [0.15, 0.2) is 5.96 Å². The van der Waals surface area contributed by atoms with E-state index in [4.69, 9.17) is 4.42 Å². The van der Waals surface area contributed by atoms with Crippen molar-refractivity contribution < 1.29 is 4.42 Å². The Morgan fingerprint density at radius 1 is 1.27 bits per heavy atom. The molecule has 1 saturated heterocycles. The first-order valence-electron chi connectivity index (χ1n) is 9.90. The summed E-state index contributed by atoms with van der Waals surface area (Å²) in [7, 11) is 1.79. The van der Waals surface area contributed by atoms with Gasteiger partial charge in [0.05, 0.1) is 12.7 Å². The molecule has 1 aliphatic rings. The van der Waals surface area contributed by atoms with E-state index in [0.717, 1.165) is 43.1 Å². The maximum Gasteiger partial charge on any atom is 0.213 e. The molecular formula is C20H37N5O. The van der Waals surface area contributed by atoms with E-state index >= 15 is 0 Å². The summed E-state index contributed by atoms with van der Waals surface area (Å²) in [5.74, 6) is 4.03. The molecule has 6 heteroatoms. The third-order valence-corrected chi connectivity index (χ3v) is 4.81. The molecule has 0 bridgehead atoms. The Kier molecular flexibility index (Phi) is 7.50. The van der Waals surface area contributed by atoms with Crippen molar-refractivity contribution in [1.29, 1.82) is 0 Å². The number of piperidine rings is 1. The first kappa shape index (κ1) is 20.7. The van der Waals surface area contributed by atoms with Crippen molar-refractivity contribution in [2.75, 3.05) is 33.2 Å². The zero-order valence-electron chi connectivity index (χ0n) is 17.4. The molecule has 2 rings (SSSR count). The summed E-state index contributed by atoms with van der Waals surface area (Å²) >= 11 is 0. The van der Waals surface area contributed by atoms with E-state index < -0.39 is 0 Å². The van der Waals surface area contributed by atoms with Gasteiger partial charge in [-0.2, -0.15) is 0 Å². The molecule has 0 amide bonds. The smallest absolute Gasteiger partial charge is 0.213 e. The summed E-state index contributed by atoms with van der Waals surface area (Å²) in [5.41, 5.74) is -0.0192. The van der Waals surface area contributed by atoms with Crippen LogP contribution in [0.1, 0.15) is 59.1 Å². The highest BCUT2D eigenvalue weighted by Crippen LogP contribution is 2.22. The highest BCUT2D eigenvalue weighted by Gasteiger charge is 2.21. The van der Waals surface area contributed by atoms with E-state index in [1.54, 1.807) is 7.05 Å². The summed E-state index contributed by atoms with van der Waals surface area (Å²) in [6, 6.07) is 0. The minimum atomic E-state index is -0.0192. The number of hydrogen-bond donors (Lipinski definition) is 2. The number of aromatic nitrogens is 1. The molecule has 2 atom stereocenters. The number of oxazole rings is 1. The van der Waals surface area contributed by atoms with Crippen LogP contribution in [-0.4, -0.2) is 49.1 Å². The van der Waals surface area contributed by atoms with Crippen LogP contribution in [0, 0.1) is 11.8 Å². The van der Waals surface area contributed by atoms with Gasteiger partial charge < -0.3 is 20.0 Å². The van der Waals surface area contributed by atoms with Crippen LogP contribution in [0.5, 0.6) is 0 Å². The van der Waals surface area contributed by atoms with Gasteiger partial charge in [0, 0.05) is 32.1 Å². The summed E-state index contributed by atoms with van der Waals surface area (Å²) < 4.78 is 5.80. The highest BCUT2D eigenvalue weighted by molar-refractivity contribution is 5.79. The molecular weight excluding hydrogens is 326 g/mol. The standard InChI is InChI=1S/C20H37N5O/c1-15-10-16(2)14-25(13-15)9-7-8-22-19(21-6)24-12-18-23-11-17(26-18)20(3,4)5/h11,15-16H,7-10,12-14H2,1-6H3,(H2,21,22,24). The fraction of sp³-hybridized carbons (Fsp3) is 0.800. The fourth-order valence-corrected chi connectivity index (χ4v) is 3.60. The molecule has 1 fully saturated rings. The second-order valence-electron chi connectivity index (χ2n) is 8.78. The molecule has 1 aromatic rings. The van der Waals surface area contributed by atoms with Crippen LogP contribution >= 0.6 is 0 Å². The molecule has 148 valence electrons. The molecule has 6 nitrogen and oxygen atoms in total. The number of nitrogens with zero attached hydrogens (tertiary/aromatic N) is 3. The average molecular weight is 364 g/mol. The molecule has 2 N–H and O–H groups in total. The maximum absolute atomic E-state index is 5.80. The molecule has 0 radical (unpaired) electrons. The third kappa shape index (κ3) is 6.63. The van der Waals surface area contributed by atoms with Gasteiger partial charge in [-0.1, -0.05) is 34.6 Å². The number of nitrogens with one attached hydrogen (secondary N) is 2. The fourth-order valence-electron chi connectivity index (χ4n) is 3.60. The van der Waals surface area contributed by atoms with Crippen molar-refractivity contribution in [3.05, 3.63) is 17.8 Å². The number of hydrogen-bond acceptors (Lipinski definition) is 4. The normalized spacial score (nSPS) is 22.5. The van der Waals surface area contributed by atoms with Crippen LogP contribution < -0.4 is 10.6 Å². The van der Waals surface area contributed by atoms with Crippen molar-refractivity contribution in [1.82, 2.24) is 20.5 Å². The monoisotopic (exact) mass is 363 g/mol. The number of guanidine groups is 1. The van der Waals surface area contributed by atoms with E-state index in [2.05, 4.69) is 60.1 Å². The van der Waals surface area contributed by atoms with E-state index in [1.165, 1.54) is 19.5 Å². The SMILES string of the molecule is CN=C(NCCCN1CC(C)CC(C)C1)NCc1ncc(C(C)(C)C)o1. The molecule has 26 heavy (non-hydrogen) atoms. The number of rotatable bonds is 6. The zero-order chi connectivity index (χ0) is 19.2. The van der Waals surface area contributed by atoms with Crippen molar-refractivity contribution in [3.8, 4) is 0 Å². The second-order valence-corrected chi connectivity index (χ2v) is 8.78. The quantitative estimate of drug-likeness (QED) is 0.462. The van der Waals surface area contributed by atoms with Crippen LogP contribution in [0.2, 0.25) is 0 Å². The summed E-state index contributed by atoms with van der Waals surface area (Å²) in [5, 5.41) is 6.65. The van der Waals surface area contributed by atoms with Crippen LogP contribution in [0.25, 0.3) is 0 Å². The van der Waals surface area contributed by atoms with Crippen LogP contribution in [-0.2, 0) is 12.0 Å². The first-order valence-corrected chi connectivity index (χ1v) is 9.90. The summed E-state index contributed by atoms with van der Waals surface area (Å²) in [6.07, 6.45) is 4.30. The van der Waals surface area contributed by atoms with Gasteiger partial charge in [0.2, 0.25) is 5.89 Å². The second kappa shape index (κ2) is 9.40. The van der Waals surface area contributed by atoms with E-state index in [-0.39, 0.29) is 5.41 Å². The Labute approximate surface area is 158 Å². The lowest BCUT2D eigenvalue weighted by molar-refractivity contribution is 0.140. The van der Waals surface area contributed by atoms with Crippen LogP contribution in [0.15, 0.2) is 15.6 Å². The van der Waals surface area contributed by atoms with E-state index in [9.17, 15) is 0 Å². The average Bonchev–Trinajstić information content (AvgIpc) is 3.02. The van der Waals surface area contributed by atoms with Crippen molar-refractivity contribution in [2.24, 2.45) is 16.8 Å². The molecule has 0 saturated carbocycles. The Morgan fingerprint density at radius 2 is 1.96 bits per heavy atom. The summed E-state index contributed by atoms with van der Waals surface area (Å²) in [6.45, 7) is 16.1.